The van der Waals surface area contributed by atoms with Crippen LogP contribution in [0.3, 0.4) is 0 Å². The zero-order valence-electron chi connectivity index (χ0n) is 5.72. The summed E-state index contributed by atoms with van der Waals surface area (Å²) in [4.78, 5) is 0. The highest BCUT2D eigenvalue weighted by Crippen LogP contribution is 2.26. The summed E-state index contributed by atoms with van der Waals surface area (Å²) in [6.07, 6.45) is 0. The van der Waals surface area contributed by atoms with Gasteiger partial charge in [-0.3, -0.25) is 0 Å². The minimum Gasteiger partial charge on any atom is -0.390 e. The standard InChI is InChI=1S/C8H7F2O/c9-8(10,6-11)7-4-2-1-3-5-7/h2-5,11H,6H2. The van der Waals surface area contributed by atoms with Crippen molar-refractivity contribution >= 4 is 0 Å². The van der Waals surface area contributed by atoms with E-state index in [1.54, 1.807) is 0 Å². The van der Waals surface area contributed by atoms with Crippen molar-refractivity contribution in [3.05, 3.63) is 35.9 Å². The fourth-order valence-corrected chi connectivity index (χ4v) is 0.722. The molecule has 0 saturated carbocycles. The minimum atomic E-state index is -3.13. The molecule has 0 bridgehead atoms. The lowest BCUT2D eigenvalue weighted by Crippen LogP contribution is -2.17. The van der Waals surface area contributed by atoms with Crippen molar-refractivity contribution < 1.29 is 13.9 Å². The van der Waals surface area contributed by atoms with Crippen LogP contribution in [0.2, 0.25) is 0 Å². The van der Waals surface area contributed by atoms with Crippen LogP contribution >= 0.6 is 0 Å². The van der Waals surface area contributed by atoms with Gasteiger partial charge < -0.3 is 5.11 Å². The summed E-state index contributed by atoms with van der Waals surface area (Å²) >= 11 is 0. The van der Waals surface area contributed by atoms with Gasteiger partial charge >= 0.3 is 0 Å². The van der Waals surface area contributed by atoms with Crippen LogP contribution in [0, 0.1) is 6.07 Å². The predicted octanol–water partition coefficient (Wildman–Crippen LogP) is 1.57. The Kier molecular flexibility index (Phi) is 2.19. The molecule has 0 aliphatic heterocycles. The van der Waals surface area contributed by atoms with Gasteiger partial charge in [0.25, 0.3) is 5.92 Å². The van der Waals surface area contributed by atoms with Gasteiger partial charge in [0.15, 0.2) is 0 Å². The Labute approximate surface area is 63.3 Å². The summed E-state index contributed by atoms with van der Waals surface area (Å²) in [5.74, 6) is -3.13. The Balaban J connectivity index is 2.93. The van der Waals surface area contributed by atoms with Crippen LogP contribution in [-0.2, 0) is 5.92 Å². The maximum Gasteiger partial charge on any atom is 0.295 e. The first-order chi connectivity index (χ1) is 5.17. The second kappa shape index (κ2) is 2.96. The van der Waals surface area contributed by atoms with Gasteiger partial charge in [0, 0.05) is 5.56 Å². The third-order valence-corrected chi connectivity index (χ3v) is 1.34. The van der Waals surface area contributed by atoms with Gasteiger partial charge in [-0.1, -0.05) is 24.3 Å². The van der Waals surface area contributed by atoms with Crippen molar-refractivity contribution in [3.63, 3.8) is 0 Å². The number of rotatable bonds is 2. The van der Waals surface area contributed by atoms with Crippen molar-refractivity contribution in [2.75, 3.05) is 6.61 Å². The topological polar surface area (TPSA) is 20.2 Å². The molecule has 0 amide bonds. The van der Waals surface area contributed by atoms with Gasteiger partial charge in [-0.2, -0.15) is 8.78 Å². The lowest BCUT2D eigenvalue weighted by atomic mass is 10.1. The van der Waals surface area contributed by atoms with Crippen molar-refractivity contribution in [1.29, 1.82) is 0 Å². The average Bonchev–Trinajstić information content (AvgIpc) is 2.06. The Morgan fingerprint density at radius 1 is 1.36 bits per heavy atom. The second-order valence-corrected chi connectivity index (χ2v) is 2.15. The van der Waals surface area contributed by atoms with Crippen LogP contribution in [0.1, 0.15) is 5.56 Å². The number of alkyl halides is 2. The maximum absolute atomic E-state index is 12.6. The Hall–Kier alpha value is -0.960. The highest BCUT2D eigenvalue weighted by atomic mass is 19.3. The molecule has 1 aromatic carbocycles. The van der Waals surface area contributed by atoms with Crippen molar-refractivity contribution in [2.45, 2.75) is 5.92 Å². The van der Waals surface area contributed by atoms with E-state index in [1.807, 2.05) is 0 Å². The second-order valence-electron chi connectivity index (χ2n) is 2.15. The molecule has 0 heterocycles. The number of aliphatic hydroxyl groups excluding tert-OH is 1. The Morgan fingerprint density at radius 2 is 1.91 bits per heavy atom. The van der Waals surface area contributed by atoms with Crippen LogP contribution in [0.25, 0.3) is 0 Å². The lowest BCUT2D eigenvalue weighted by molar-refractivity contribution is -0.0556. The maximum atomic E-state index is 12.6. The Morgan fingerprint density at radius 3 is 2.36 bits per heavy atom. The first-order valence-electron chi connectivity index (χ1n) is 3.12. The zero-order valence-corrected chi connectivity index (χ0v) is 5.72. The normalized spacial score (nSPS) is 11.5. The quantitative estimate of drug-likeness (QED) is 0.690. The summed E-state index contributed by atoms with van der Waals surface area (Å²) in [5, 5.41) is 8.29. The fraction of sp³-hybridized carbons (Fsp3) is 0.250. The van der Waals surface area contributed by atoms with Crippen LogP contribution in [0.4, 0.5) is 8.78 Å². The number of hydrogen-bond acceptors (Lipinski definition) is 1. The molecule has 0 unspecified atom stereocenters. The van der Waals surface area contributed by atoms with E-state index < -0.39 is 12.5 Å². The summed E-state index contributed by atoms with van der Waals surface area (Å²) in [5.41, 5.74) is -0.182. The molecule has 1 N–H and O–H groups in total. The minimum absolute atomic E-state index is 0.182. The molecule has 3 heteroatoms. The largest absolute Gasteiger partial charge is 0.390 e. The number of hydrogen-bond donors (Lipinski definition) is 1. The third-order valence-electron chi connectivity index (χ3n) is 1.34. The van der Waals surface area contributed by atoms with Crippen molar-refractivity contribution in [1.82, 2.24) is 0 Å². The molecule has 59 valence electrons. The van der Waals surface area contributed by atoms with Gasteiger partial charge in [0.2, 0.25) is 0 Å². The molecule has 0 atom stereocenters. The van der Waals surface area contributed by atoms with E-state index in [1.165, 1.54) is 24.3 Å². The van der Waals surface area contributed by atoms with Gasteiger partial charge in [0.1, 0.15) is 6.61 Å². The van der Waals surface area contributed by atoms with Gasteiger partial charge in [-0.25, -0.2) is 0 Å². The fourth-order valence-electron chi connectivity index (χ4n) is 0.722. The van der Waals surface area contributed by atoms with E-state index >= 15 is 0 Å². The smallest absolute Gasteiger partial charge is 0.295 e. The molecule has 0 spiro atoms. The summed E-state index contributed by atoms with van der Waals surface area (Å²) in [6.45, 7) is -1.16. The zero-order chi connectivity index (χ0) is 8.32. The average molecular weight is 157 g/mol. The van der Waals surface area contributed by atoms with E-state index in [2.05, 4.69) is 6.07 Å². The van der Waals surface area contributed by atoms with Gasteiger partial charge in [0.05, 0.1) is 0 Å². The highest BCUT2D eigenvalue weighted by Gasteiger charge is 2.29. The third kappa shape index (κ3) is 1.74. The monoisotopic (exact) mass is 157 g/mol. The van der Waals surface area contributed by atoms with Crippen LogP contribution in [0.5, 0.6) is 0 Å². The van der Waals surface area contributed by atoms with Crippen LogP contribution in [-0.4, -0.2) is 11.7 Å². The van der Waals surface area contributed by atoms with E-state index in [4.69, 9.17) is 5.11 Å². The molecule has 0 saturated heterocycles. The first kappa shape index (κ1) is 8.14. The molecule has 1 rings (SSSR count). The molecule has 0 aliphatic rings. The number of halogens is 2. The van der Waals surface area contributed by atoms with Crippen LogP contribution < -0.4 is 0 Å². The molecule has 0 fully saturated rings. The van der Waals surface area contributed by atoms with E-state index in [0.29, 0.717) is 0 Å². The molecule has 1 nitrogen and oxygen atoms in total. The van der Waals surface area contributed by atoms with Gasteiger partial charge in [-0.05, 0) is 6.07 Å². The molecular weight excluding hydrogens is 150 g/mol. The molecule has 11 heavy (non-hydrogen) atoms. The number of aliphatic hydroxyl groups is 1. The first-order valence-corrected chi connectivity index (χ1v) is 3.12. The van der Waals surface area contributed by atoms with E-state index in [9.17, 15) is 8.78 Å². The summed E-state index contributed by atoms with van der Waals surface area (Å²) in [6, 6.07) is 7.85. The van der Waals surface area contributed by atoms with Crippen molar-refractivity contribution in [2.24, 2.45) is 0 Å². The molecule has 0 aromatic heterocycles. The van der Waals surface area contributed by atoms with Crippen LogP contribution in [0.15, 0.2) is 24.3 Å². The predicted molar refractivity (Wildman–Crippen MR) is 36.3 cm³/mol. The SMILES string of the molecule is OCC(F)(F)c1cc[c]cc1. The van der Waals surface area contributed by atoms with Gasteiger partial charge in [-0.15, -0.1) is 0 Å². The number of benzene rings is 1. The lowest BCUT2D eigenvalue weighted by Gasteiger charge is -2.12. The summed E-state index contributed by atoms with van der Waals surface area (Å²) < 4.78 is 25.2. The Bertz CT molecular complexity index is 221. The van der Waals surface area contributed by atoms with E-state index in [0.717, 1.165) is 0 Å². The van der Waals surface area contributed by atoms with Crippen molar-refractivity contribution in [3.8, 4) is 0 Å². The molecule has 0 aliphatic carbocycles. The highest BCUT2D eigenvalue weighted by molar-refractivity contribution is 5.19. The van der Waals surface area contributed by atoms with E-state index in [-0.39, 0.29) is 5.56 Å². The molecule has 1 radical (unpaired) electrons. The molecule has 1 aromatic rings. The summed E-state index contributed by atoms with van der Waals surface area (Å²) in [7, 11) is 0. The molecular formula is C8H7F2O.